The van der Waals surface area contributed by atoms with Crippen molar-refractivity contribution in [1.29, 1.82) is 0 Å². The maximum absolute atomic E-state index is 5.25. The quantitative estimate of drug-likeness (QED) is 0.523. The first-order valence-corrected chi connectivity index (χ1v) is 5.83. The van der Waals surface area contributed by atoms with Crippen molar-refractivity contribution < 1.29 is 0 Å². The molecule has 0 bridgehead atoms. The van der Waals surface area contributed by atoms with Crippen LogP contribution in [0.2, 0.25) is 0 Å². The van der Waals surface area contributed by atoms with Crippen molar-refractivity contribution >= 4 is 0 Å². The van der Waals surface area contributed by atoms with Crippen molar-refractivity contribution in [1.82, 2.24) is 5.32 Å². The predicted octanol–water partition coefficient (Wildman–Crippen LogP) is 2.82. The minimum Gasteiger partial charge on any atom is -0.306 e. The van der Waals surface area contributed by atoms with Crippen LogP contribution in [0.1, 0.15) is 46.0 Å². The summed E-state index contributed by atoms with van der Waals surface area (Å²) in [5.41, 5.74) is 0.561. The number of nitrogens with one attached hydrogen (secondary N) is 1. The van der Waals surface area contributed by atoms with Crippen molar-refractivity contribution in [2.75, 3.05) is 13.1 Å². The molecule has 1 fully saturated rings. The molecule has 0 aliphatic heterocycles. The Morgan fingerprint density at radius 1 is 1.36 bits per heavy atom. The third kappa shape index (κ3) is 3.35. The van der Waals surface area contributed by atoms with E-state index in [1.807, 2.05) is 0 Å². The summed E-state index contributed by atoms with van der Waals surface area (Å²) < 4.78 is 0. The van der Waals surface area contributed by atoms with Crippen molar-refractivity contribution in [2.24, 2.45) is 11.3 Å². The van der Waals surface area contributed by atoms with Gasteiger partial charge in [-0.15, -0.1) is 6.42 Å². The summed E-state index contributed by atoms with van der Waals surface area (Å²) in [6, 6.07) is 0. The molecule has 1 rings (SSSR count). The summed E-state index contributed by atoms with van der Waals surface area (Å²) in [5.74, 6) is 3.46. The van der Waals surface area contributed by atoms with Crippen molar-refractivity contribution in [3.63, 3.8) is 0 Å². The van der Waals surface area contributed by atoms with E-state index in [4.69, 9.17) is 6.42 Å². The van der Waals surface area contributed by atoms with E-state index in [0.29, 0.717) is 5.41 Å². The Morgan fingerprint density at radius 3 is 2.50 bits per heavy atom. The highest BCUT2D eigenvalue weighted by Crippen LogP contribution is 2.42. The van der Waals surface area contributed by atoms with Crippen LogP contribution in [0.15, 0.2) is 0 Å². The van der Waals surface area contributed by atoms with Gasteiger partial charge in [0.05, 0.1) is 6.54 Å². The van der Waals surface area contributed by atoms with E-state index >= 15 is 0 Å². The minimum absolute atomic E-state index is 0.561. The molecule has 0 unspecified atom stereocenters. The van der Waals surface area contributed by atoms with Crippen molar-refractivity contribution in [2.45, 2.75) is 46.0 Å². The molecule has 1 aliphatic carbocycles. The topological polar surface area (TPSA) is 12.0 Å². The predicted molar refractivity (Wildman–Crippen MR) is 62.1 cm³/mol. The lowest BCUT2D eigenvalue weighted by molar-refractivity contribution is 0.227. The maximum Gasteiger partial charge on any atom is 0.0574 e. The Hall–Kier alpha value is -0.480. The van der Waals surface area contributed by atoms with Gasteiger partial charge in [0, 0.05) is 6.54 Å². The van der Waals surface area contributed by atoms with Gasteiger partial charge in [-0.1, -0.05) is 32.6 Å². The number of rotatable bonds is 5. The molecule has 0 aromatic carbocycles. The second-order valence-electron chi connectivity index (χ2n) is 5.11. The lowest BCUT2D eigenvalue weighted by Gasteiger charge is -2.31. The summed E-state index contributed by atoms with van der Waals surface area (Å²) >= 11 is 0. The van der Waals surface area contributed by atoms with E-state index in [-0.39, 0.29) is 0 Å². The Kier molecular flexibility index (Phi) is 4.48. The van der Waals surface area contributed by atoms with Crippen LogP contribution in [0.25, 0.3) is 0 Å². The molecule has 0 heterocycles. The lowest BCUT2D eigenvalue weighted by atomic mass is 9.78. The first kappa shape index (κ1) is 11.6. The molecule has 1 saturated carbocycles. The Labute approximate surface area is 88.7 Å². The molecule has 0 amide bonds. The summed E-state index contributed by atoms with van der Waals surface area (Å²) in [6.45, 7) is 6.48. The number of hydrogen-bond acceptors (Lipinski definition) is 1. The summed E-state index contributed by atoms with van der Waals surface area (Å²) in [7, 11) is 0. The third-order valence-electron chi connectivity index (χ3n) is 3.23. The zero-order valence-electron chi connectivity index (χ0n) is 9.60. The minimum atomic E-state index is 0.561. The summed E-state index contributed by atoms with van der Waals surface area (Å²) in [6.07, 6.45) is 12.2. The van der Waals surface area contributed by atoms with Gasteiger partial charge < -0.3 is 5.32 Å². The molecule has 1 N–H and O–H groups in total. The van der Waals surface area contributed by atoms with Gasteiger partial charge in [0.2, 0.25) is 0 Å². The molecule has 14 heavy (non-hydrogen) atoms. The molecule has 0 aromatic heterocycles. The number of hydrogen-bond donors (Lipinski definition) is 1. The van der Waals surface area contributed by atoms with Crippen molar-refractivity contribution in [3.05, 3.63) is 0 Å². The van der Waals surface area contributed by atoms with E-state index in [1.165, 1.54) is 32.1 Å². The zero-order chi connectivity index (χ0) is 10.4. The van der Waals surface area contributed by atoms with Crippen LogP contribution in [0, 0.1) is 23.7 Å². The fourth-order valence-corrected chi connectivity index (χ4v) is 2.84. The smallest absolute Gasteiger partial charge is 0.0574 e. The SMILES string of the molecule is C#CCNCC1(CC(C)C)CCCC1. The van der Waals surface area contributed by atoms with Gasteiger partial charge >= 0.3 is 0 Å². The van der Waals surface area contributed by atoms with E-state index < -0.39 is 0 Å². The van der Waals surface area contributed by atoms with Gasteiger partial charge in [-0.25, -0.2) is 0 Å². The van der Waals surface area contributed by atoms with Gasteiger partial charge in [-0.2, -0.15) is 0 Å². The maximum atomic E-state index is 5.25. The molecule has 0 spiro atoms. The second kappa shape index (κ2) is 5.41. The molecule has 1 heteroatoms. The van der Waals surface area contributed by atoms with Gasteiger partial charge in [0.1, 0.15) is 0 Å². The molecular formula is C13H23N. The zero-order valence-corrected chi connectivity index (χ0v) is 9.60. The summed E-state index contributed by atoms with van der Waals surface area (Å²) in [4.78, 5) is 0. The molecule has 1 nitrogen and oxygen atoms in total. The van der Waals surface area contributed by atoms with E-state index in [0.717, 1.165) is 19.0 Å². The van der Waals surface area contributed by atoms with E-state index in [1.54, 1.807) is 0 Å². The van der Waals surface area contributed by atoms with E-state index in [2.05, 4.69) is 25.1 Å². The third-order valence-corrected chi connectivity index (χ3v) is 3.23. The average molecular weight is 193 g/mol. The Morgan fingerprint density at radius 2 is 2.00 bits per heavy atom. The van der Waals surface area contributed by atoms with Gasteiger partial charge in [0.15, 0.2) is 0 Å². The Balaban J connectivity index is 2.41. The molecule has 0 radical (unpaired) electrons. The van der Waals surface area contributed by atoms with Crippen molar-refractivity contribution in [3.8, 4) is 12.3 Å². The summed E-state index contributed by atoms with van der Waals surface area (Å²) in [5, 5.41) is 3.39. The van der Waals surface area contributed by atoms with Crippen LogP contribution in [0.4, 0.5) is 0 Å². The largest absolute Gasteiger partial charge is 0.306 e. The first-order chi connectivity index (χ1) is 6.68. The average Bonchev–Trinajstić information content (AvgIpc) is 2.53. The fourth-order valence-electron chi connectivity index (χ4n) is 2.84. The van der Waals surface area contributed by atoms with Crippen LogP contribution in [-0.4, -0.2) is 13.1 Å². The first-order valence-electron chi connectivity index (χ1n) is 5.83. The van der Waals surface area contributed by atoms with Gasteiger partial charge in [-0.05, 0) is 30.6 Å². The molecule has 1 aliphatic rings. The highest BCUT2D eigenvalue weighted by atomic mass is 14.9. The highest BCUT2D eigenvalue weighted by molar-refractivity contribution is 4.91. The molecule has 0 saturated heterocycles. The molecule has 0 aromatic rings. The highest BCUT2D eigenvalue weighted by Gasteiger charge is 2.33. The number of terminal acetylenes is 1. The Bertz CT molecular complexity index is 194. The van der Waals surface area contributed by atoms with Gasteiger partial charge in [0.25, 0.3) is 0 Å². The molecule has 0 atom stereocenters. The van der Waals surface area contributed by atoms with Crippen LogP contribution >= 0.6 is 0 Å². The molecular weight excluding hydrogens is 170 g/mol. The fraction of sp³-hybridized carbons (Fsp3) is 0.846. The van der Waals surface area contributed by atoms with Crippen LogP contribution < -0.4 is 5.32 Å². The van der Waals surface area contributed by atoms with Crippen LogP contribution in [-0.2, 0) is 0 Å². The van der Waals surface area contributed by atoms with Crippen LogP contribution in [0.3, 0.4) is 0 Å². The standard InChI is InChI=1S/C13H23N/c1-4-9-14-11-13(10-12(2)3)7-5-6-8-13/h1,12,14H,5-11H2,2-3H3. The normalized spacial score (nSPS) is 19.9. The monoisotopic (exact) mass is 193 g/mol. The van der Waals surface area contributed by atoms with Crippen LogP contribution in [0.5, 0.6) is 0 Å². The van der Waals surface area contributed by atoms with E-state index in [9.17, 15) is 0 Å². The van der Waals surface area contributed by atoms with Gasteiger partial charge in [-0.3, -0.25) is 0 Å². The molecule has 80 valence electrons. The second-order valence-corrected chi connectivity index (χ2v) is 5.11. The lowest BCUT2D eigenvalue weighted by Crippen LogP contribution is -2.33.